The molecular formula is C17H26Br2N2O2. The van der Waals surface area contributed by atoms with Crippen LogP contribution < -0.4 is 10.1 Å². The average molecular weight is 450 g/mol. The van der Waals surface area contributed by atoms with E-state index in [4.69, 9.17) is 4.74 Å². The van der Waals surface area contributed by atoms with Gasteiger partial charge in [-0.05, 0) is 62.2 Å². The van der Waals surface area contributed by atoms with E-state index in [9.17, 15) is 5.11 Å². The van der Waals surface area contributed by atoms with Gasteiger partial charge in [-0.15, -0.1) is 0 Å². The van der Waals surface area contributed by atoms with Crippen molar-refractivity contribution in [3.8, 4) is 11.5 Å². The second kappa shape index (κ2) is 8.70. The van der Waals surface area contributed by atoms with Crippen molar-refractivity contribution in [1.82, 2.24) is 10.2 Å². The third-order valence-electron chi connectivity index (χ3n) is 4.36. The van der Waals surface area contributed by atoms with Gasteiger partial charge >= 0.3 is 0 Å². The van der Waals surface area contributed by atoms with E-state index in [1.807, 2.05) is 6.07 Å². The SMILES string of the molecule is COc1cc([C@H](CCC(C)C)N2CCNCC2)c(Br)c(Br)c1O. The molecule has 0 aliphatic carbocycles. The van der Waals surface area contributed by atoms with Gasteiger partial charge in [-0.25, -0.2) is 0 Å². The number of hydrogen-bond acceptors (Lipinski definition) is 4. The molecule has 23 heavy (non-hydrogen) atoms. The molecule has 2 N–H and O–H groups in total. The van der Waals surface area contributed by atoms with Crippen molar-refractivity contribution in [2.45, 2.75) is 32.7 Å². The van der Waals surface area contributed by atoms with Crippen molar-refractivity contribution in [1.29, 1.82) is 0 Å². The fourth-order valence-electron chi connectivity index (χ4n) is 3.03. The largest absolute Gasteiger partial charge is 0.503 e. The van der Waals surface area contributed by atoms with Crippen LogP contribution in [-0.4, -0.2) is 43.3 Å². The van der Waals surface area contributed by atoms with E-state index in [0.29, 0.717) is 22.2 Å². The van der Waals surface area contributed by atoms with Crippen LogP contribution >= 0.6 is 31.9 Å². The highest BCUT2D eigenvalue weighted by Crippen LogP contribution is 2.45. The number of phenolic OH excluding ortho intramolecular Hbond substituents is 1. The lowest BCUT2D eigenvalue weighted by molar-refractivity contribution is 0.159. The van der Waals surface area contributed by atoms with Crippen LogP contribution in [0, 0.1) is 5.92 Å². The zero-order valence-electron chi connectivity index (χ0n) is 14.0. The van der Waals surface area contributed by atoms with Gasteiger partial charge in [0.2, 0.25) is 0 Å². The maximum Gasteiger partial charge on any atom is 0.173 e. The summed E-state index contributed by atoms with van der Waals surface area (Å²) in [6.45, 7) is 8.64. The molecule has 1 heterocycles. The van der Waals surface area contributed by atoms with Crippen LogP contribution in [0.3, 0.4) is 0 Å². The number of aromatic hydroxyl groups is 1. The predicted octanol–water partition coefficient (Wildman–Crippen LogP) is 4.31. The lowest BCUT2D eigenvalue weighted by atomic mass is 9.95. The van der Waals surface area contributed by atoms with E-state index in [-0.39, 0.29) is 5.75 Å². The van der Waals surface area contributed by atoms with Gasteiger partial charge in [-0.1, -0.05) is 13.8 Å². The first-order valence-electron chi connectivity index (χ1n) is 8.15. The summed E-state index contributed by atoms with van der Waals surface area (Å²) >= 11 is 7.15. The van der Waals surface area contributed by atoms with E-state index >= 15 is 0 Å². The molecular weight excluding hydrogens is 424 g/mol. The number of phenols is 1. The van der Waals surface area contributed by atoms with Crippen molar-refractivity contribution < 1.29 is 9.84 Å². The molecule has 6 heteroatoms. The molecule has 2 rings (SSSR count). The number of hydrogen-bond donors (Lipinski definition) is 2. The van der Waals surface area contributed by atoms with Gasteiger partial charge in [0.25, 0.3) is 0 Å². The monoisotopic (exact) mass is 448 g/mol. The van der Waals surface area contributed by atoms with Crippen molar-refractivity contribution in [3.05, 3.63) is 20.6 Å². The number of benzene rings is 1. The Labute approximate surface area is 155 Å². The minimum atomic E-state index is 0.144. The van der Waals surface area contributed by atoms with E-state index in [2.05, 4.69) is 55.9 Å². The van der Waals surface area contributed by atoms with Gasteiger partial charge in [0.1, 0.15) is 0 Å². The topological polar surface area (TPSA) is 44.7 Å². The van der Waals surface area contributed by atoms with Crippen LogP contribution in [0.2, 0.25) is 0 Å². The normalized spacial score (nSPS) is 17.5. The van der Waals surface area contributed by atoms with Crippen LogP contribution in [0.25, 0.3) is 0 Å². The van der Waals surface area contributed by atoms with Gasteiger partial charge in [0, 0.05) is 36.7 Å². The first kappa shape index (κ1) is 19.0. The molecule has 1 fully saturated rings. The highest BCUT2D eigenvalue weighted by atomic mass is 79.9. The molecule has 130 valence electrons. The van der Waals surface area contributed by atoms with E-state index in [1.54, 1.807) is 7.11 Å². The Kier molecular flexibility index (Phi) is 7.19. The maximum absolute atomic E-state index is 10.2. The molecule has 1 aliphatic rings. The summed E-state index contributed by atoms with van der Waals surface area (Å²) in [5, 5.41) is 13.6. The van der Waals surface area contributed by atoms with Crippen molar-refractivity contribution in [3.63, 3.8) is 0 Å². The lowest BCUT2D eigenvalue weighted by Crippen LogP contribution is -2.45. The molecule has 1 aromatic rings. The van der Waals surface area contributed by atoms with Crippen LogP contribution in [0.5, 0.6) is 11.5 Å². The molecule has 0 unspecified atom stereocenters. The maximum atomic E-state index is 10.2. The molecule has 1 saturated heterocycles. The summed E-state index contributed by atoms with van der Waals surface area (Å²) in [5.41, 5.74) is 1.18. The second-order valence-corrected chi connectivity index (χ2v) is 8.00. The Morgan fingerprint density at radius 3 is 2.43 bits per heavy atom. The van der Waals surface area contributed by atoms with E-state index in [0.717, 1.165) is 37.1 Å². The summed E-state index contributed by atoms with van der Waals surface area (Å²) in [4.78, 5) is 2.53. The van der Waals surface area contributed by atoms with Gasteiger partial charge in [-0.2, -0.15) is 0 Å². The molecule has 0 spiro atoms. The third kappa shape index (κ3) is 4.62. The van der Waals surface area contributed by atoms with Crippen LogP contribution in [-0.2, 0) is 0 Å². The van der Waals surface area contributed by atoms with Gasteiger partial charge in [0.05, 0.1) is 11.6 Å². The third-order valence-corrected chi connectivity index (χ3v) is 6.52. The van der Waals surface area contributed by atoms with Crippen LogP contribution in [0.4, 0.5) is 0 Å². The first-order chi connectivity index (χ1) is 11.0. The predicted molar refractivity (Wildman–Crippen MR) is 101 cm³/mol. The zero-order valence-corrected chi connectivity index (χ0v) is 17.2. The standard InChI is InChI=1S/C17H26Br2N2O2/c1-11(2)4-5-13(21-8-6-20-7-9-21)12-10-14(23-3)17(22)16(19)15(12)18/h10-11,13,20,22H,4-9H2,1-3H3/t13-/m0/s1. The second-order valence-electron chi connectivity index (χ2n) is 6.42. The van der Waals surface area contributed by atoms with Gasteiger partial charge in [0.15, 0.2) is 11.5 Å². The minimum Gasteiger partial charge on any atom is -0.503 e. The minimum absolute atomic E-state index is 0.144. The lowest BCUT2D eigenvalue weighted by Gasteiger charge is -2.36. The number of piperazine rings is 1. The molecule has 1 aromatic carbocycles. The Bertz CT molecular complexity index is 532. The average Bonchev–Trinajstić information content (AvgIpc) is 2.55. The van der Waals surface area contributed by atoms with Gasteiger partial charge < -0.3 is 15.2 Å². The molecule has 0 amide bonds. The van der Waals surface area contributed by atoms with E-state index < -0.39 is 0 Å². The summed E-state index contributed by atoms with van der Waals surface area (Å²) in [5.74, 6) is 1.33. The number of nitrogens with zero attached hydrogens (tertiary/aromatic N) is 1. The Morgan fingerprint density at radius 1 is 1.22 bits per heavy atom. The fourth-order valence-corrected chi connectivity index (χ4v) is 4.02. The summed E-state index contributed by atoms with van der Waals surface area (Å²) in [6.07, 6.45) is 2.26. The highest BCUT2D eigenvalue weighted by Gasteiger charge is 2.27. The van der Waals surface area contributed by atoms with Gasteiger partial charge in [-0.3, -0.25) is 4.90 Å². The number of ether oxygens (including phenoxy) is 1. The quantitative estimate of drug-likeness (QED) is 0.679. The summed E-state index contributed by atoms with van der Waals surface area (Å²) in [7, 11) is 1.59. The number of rotatable bonds is 6. The molecule has 0 saturated carbocycles. The molecule has 0 radical (unpaired) electrons. The molecule has 0 bridgehead atoms. The molecule has 1 aliphatic heterocycles. The van der Waals surface area contributed by atoms with E-state index in [1.165, 1.54) is 12.0 Å². The highest BCUT2D eigenvalue weighted by molar-refractivity contribution is 9.13. The van der Waals surface area contributed by atoms with Crippen LogP contribution in [0.15, 0.2) is 15.0 Å². The van der Waals surface area contributed by atoms with Crippen molar-refractivity contribution in [2.75, 3.05) is 33.3 Å². The number of methoxy groups -OCH3 is 1. The Balaban J connectivity index is 2.38. The zero-order chi connectivity index (χ0) is 17.0. The summed E-state index contributed by atoms with van der Waals surface area (Å²) in [6, 6.07) is 2.29. The van der Waals surface area contributed by atoms with Crippen LogP contribution in [0.1, 0.15) is 38.3 Å². The first-order valence-corrected chi connectivity index (χ1v) is 9.73. The fraction of sp³-hybridized carbons (Fsp3) is 0.647. The summed E-state index contributed by atoms with van der Waals surface area (Å²) < 4.78 is 6.94. The van der Waals surface area contributed by atoms with Crippen molar-refractivity contribution >= 4 is 31.9 Å². The number of nitrogens with one attached hydrogen (secondary N) is 1. The molecule has 4 nitrogen and oxygen atoms in total. The van der Waals surface area contributed by atoms with Crippen molar-refractivity contribution in [2.24, 2.45) is 5.92 Å². The molecule has 0 aromatic heterocycles. The molecule has 1 atom stereocenters. The number of halogens is 2. The smallest absolute Gasteiger partial charge is 0.173 e. The Hall–Kier alpha value is -0.300. The Morgan fingerprint density at radius 2 is 1.87 bits per heavy atom.